The molecule has 1 aromatic carbocycles. The van der Waals surface area contributed by atoms with Crippen molar-refractivity contribution in [2.24, 2.45) is 0 Å². The summed E-state index contributed by atoms with van der Waals surface area (Å²) in [5.74, 6) is -0.255. The lowest BCUT2D eigenvalue weighted by Crippen LogP contribution is -2.45. The third-order valence-corrected chi connectivity index (χ3v) is 3.93. The standard InChI is InChI=1S/C14H15BrF3N3O.2ClH/c15-10-1-2-13(22-14(16,17)18)11(9-10)12(3-4-19)21-7-5-20-6-8-21;;/h1-2,9,12,20H,3,5-8H2;2*1H/t12-;;/m1../s1. The van der Waals surface area contributed by atoms with Crippen LogP contribution in [-0.4, -0.2) is 37.4 Å². The summed E-state index contributed by atoms with van der Waals surface area (Å²) in [5.41, 5.74) is 0.371. The maximum atomic E-state index is 12.6. The number of hydrogen-bond donors (Lipinski definition) is 1. The lowest BCUT2D eigenvalue weighted by Gasteiger charge is -2.34. The average Bonchev–Trinajstić information content (AvgIpc) is 2.46. The SMILES string of the molecule is Cl.Cl.N#CC[C@H](c1cc(Br)ccc1OC(F)(F)F)N1CCNCC1. The van der Waals surface area contributed by atoms with Gasteiger partial charge in [-0.05, 0) is 18.2 Å². The average molecular weight is 451 g/mol. The number of nitriles is 1. The van der Waals surface area contributed by atoms with Crippen molar-refractivity contribution in [3.05, 3.63) is 28.2 Å². The van der Waals surface area contributed by atoms with Crippen molar-refractivity contribution in [3.63, 3.8) is 0 Å². The first-order chi connectivity index (χ1) is 10.4. The number of hydrogen-bond acceptors (Lipinski definition) is 4. The second-order valence-electron chi connectivity index (χ2n) is 4.89. The minimum absolute atomic E-state index is 0. The summed E-state index contributed by atoms with van der Waals surface area (Å²) >= 11 is 3.27. The van der Waals surface area contributed by atoms with Crippen LogP contribution in [0.1, 0.15) is 18.0 Å². The molecular weight excluding hydrogens is 434 g/mol. The van der Waals surface area contributed by atoms with E-state index in [1.54, 1.807) is 6.07 Å². The number of nitrogens with one attached hydrogen (secondary N) is 1. The highest BCUT2D eigenvalue weighted by Crippen LogP contribution is 2.36. The van der Waals surface area contributed by atoms with E-state index in [1.807, 2.05) is 4.90 Å². The summed E-state index contributed by atoms with van der Waals surface area (Å²) in [6, 6.07) is 5.99. The summed E-state index contributed by atoms with van der Waals surface area (Å²) in [5, 5.41) is 12.2. The van der Waals surface area contributed by atoms with E-state index in [9.17, 15) is 13.2 Å². The monoisotopic (exact) mass is 449 g/mol. The number of benzene rings is 1. The van der Waals surface area contributed by atoms with E-state index in [4.69, 9.17) is 5.26 Å². The Balaban J connectivity index is 0.00000264. The Kier molecular flexibility index (Phi) is 10.0. The molecule has 1 saturated heterocycles. The molecule has 1 aromatic rings. The molecule has 0 amide bonds. The van der Waals surface area contributed by atoms with Crippen LogP contribution in [0.2, 0.25) is 0 Å². The van der Waals surface area contributed by atoms with Crippen LogP contribution < -0.4 is 10.1 Å². The number of piperazine rings is 1. The molecule has 1 aliphatic heterocycles. The van der Waals surface area contributed by atoms with E-state index >= 15 is 0 Å². The van der Waals surface area contributed by atoms with Crippen molar-refractivity contribution in [2.75, 3.05) is 26.2 Å². The molecule has 1 atom stereocenters. The van der Waals surface area contributed by atoms with Gasteiger partial charge in [0.25, 0.3) is 0 Å². The van der Waals surface area contributed by atoms with Crippen LogP contribution in [0.25, 0.3) is 0 Å². The molecule has 0 bridgehead atoms. The van der Waals surface area contributed by atoms with Crippen molar-refractivity contribution in [3.8, 4) is 11.8 Å². The zero-order valence-corrected chi connectivity index (χ0v) is 15.7. The fourth-order valence-corrected chi connectivity index (χ4v) is 2.89. The maximum absolute atomic E-state index is 12.6. The number of nitrogens with zero attached hydrogens (tertiary/aromatic N) is 2. The smallest absolute Gasteiger partial charge is 0.405 e. The highest BCUT2D eigenvalue weighted by molar-refractivity contribution is 9.10. The molecule has 0 spiro atoms. The van der Waals surface area contributed by atoms with Crippen molar-refractivity contribution >= 4 is 40.7 Å². The van der Waals surface area contributed by atoms with Crippen LogP contribution in [0.5, 0.6) is 5.75 Å². The molecule has 0 radical (unpaired) electrons. The molecule has 0 aromatic heterocycles. The van der Waals surface area contributed by atoms with Gasteiger partial charge in [0.05, 0.1) is 18.5 Å². The van der Waals surface area contributed by atoms with Crippen LogP contribution in [0.4, 0.5) is 13.2 Å². The molecule has 0 unspecified atom stereocenters. The van der Waals surface area contributed by atoms with Gasteiger partial charge >= 0.3 is 6.36 Å². The second kappa shape index (κ2) is 10.3. The summed E-state index contributed by atoms with van der Waals surface area (Å²) in [7, 11) is 0. The largest absolute Gasteiger partial charge is 0.573 e. The van der Waals surface area contributed by atoms with Gasteiger partial charge in [-0.3, -0.25) is 4.90 Å². The van der Waals surface area contributed by atoms with Crippen molar-refractivity contribution < 1.29 is 17.9 Å². The first-order valence-corrected chi connectivity index (χ1v) is 7.57. The minimum Gasteiger partial charge on any atom is -0.405 e. The minimum atomic E-state index is -4.76. The third-order valence-electron chi connectivity index (χ3n) is 3.43. The predicted octanol–water partition coefficient (Wildman–Crippen LogP) is 4.05. The highest BCUT2D eigenvalue weighted by atomic mass is 79.9. The molecule has 1 heterocycles. The Labute approximate surface area is 159 Å². The molecule has 4 nitrogen and oxygen atoms in total. The molecule has 136 valence electrons. The molecule has 24 heavy (non-hydrogen) atoms. The van der Waals surface area contributed by atoms with Crippen LogP contribution in [-0.2, 0) is 0 Å². The topological polar surface area (TPSA) is 48.3 Å². The second-order valence-corrected chi connectivity index (χ2v) is 5.81. The molecule has 1 aliphatic rings. The number of ether oxygens (including phenoxy) is 1. The van der Waals surface area contributed by atoms with Crippen LogP contribution in [0.3, 0.4) is 0 Å². The summed E-state index contributed by atoms with van der Waals surface area (Å²) in [4.78, 5) is 2.00. The number of halogens is 6. The lowest BCUT2D eigenvalue weighted by atomic mass is 10.0. The fourth-order valence-electron chi connectivity index (χ4n) is 2.51. The molecule has 0 aliphatic carbocycles. The van der Waals surface area contributed by atoms with Gasteiger partial charge in [0.15, 0.2) is 0 Å². The summed E-state index contributed by atoms with van der Waals surface area (Å²) in [6.07, 6.45) is -4.66. The Morgan fingerprint density at radius 2 is 1.92 bits per heavy atom. The molecular formula is C14H17BrCl2F3N3O. The fraction of sp³-hybridized carbons (Fsp3) is 0.500. The van der Waals surface area contributed by atoms with E-state index in [0.29, 0.717) is 23.1 Å². The van der Waals surface area contributed by atoms with Gasteiger partial charge in [-0.2, -0.15) is 5.26 Å². The summed E-state index contributed by atoms with van der Waals surface area (Å²) in [6.45, 7) is 2.82. The van der Waals surface area contributed by atoms with Crippen LogP contribution in [0.15, 0.2) is 22.7 Å². The van der Waals surface area contributed by atoms with E-state index < -0.39 is 12.4 Å². The van der Waals surface area contributed by atoms with E-state index in [0.717, 1.165) is 13.1 Å². The Hall–Kier alpha value is -0.720. The van der Waals surface area contributed by atoms with Gasteiger partial charge in [-0.1, -0.05) is 15.9 Å². The van der Waals surface area contributed by atoms with Gasteiger partial charge in [0, 0.05) is 36.2 Å². The Morgan fingerprint density at radius 3 is 2.46 bits per heavy atom. The van der Waals surface area contributed by atoms with E-state index in [1.165, 1.54) is 12.1 Å². The van der Waals surface area contributed by atoms with Crippen LogP contribution >= 0.6 is 40.7 Å². The zero-order chi connectivity index (χ0) is 16.2. The van der Waals surface area contributed by atoms with E-state index in [-0.39, 0.29) is 37.0 Å². The molecule has 2 rings (SSSR count). The molecule has 1 N–H and O–H groups in total. The summed E-state index contributed by atoms with van der Waals surface area (Å²) < 4.78 is 42.6. The molecule has 1 fully saturated rings. The van der Waals surface area contributed by atoms with Crippen molar-refractivity contribution in [1.29, 1.82) is 5.26 Å². The Bertz CT molecular complexity index is 563. The van der Waals surface area contributed by atoms with Gasteiger partial charge in [-0.25, -0.2) is 0 Å². The molecule has 0 saturated carbocycles. The predicted molar refractivity (Wildman–Crippen MR) is 92.7 cm³/mol. The zero-order valence-electron chi connectivity index (χ0n) is 12.5. The quantitative estimate of drug-likeness (QED) is 0.751. The highest BCUT2D eigenvalue weighted by Gasteiger charge is 2.34. The van der Waals surface area contributed by atoms with Gasteiger partial charge in [0.2, 0.25) is 0 Å². The van der Waals surface area contributed by atoms with E-state index in [2.05, 4.69) is 32.1 Å². The first kappa shape index (κ1) is 23.3. The normalized spacial score (nSPS) is 16.3. The maximum Gasteiger partial charge on any atom is 0.573 e. The number of alkyl halides is 3. The van der Waals surface area contributed by atoms with Gasteiger partial charge in [0.1, 0.15) is 5.75 Å². The van der Waals surface area contributed by atoms with Gasteiger partial charge in [-0.15, -0.1) is 38.0 Å². The number of rotatable bonds is 4. The molecule has 10 heteroatoms. The third kappa shape index (κ3) is 6.65. The van der Waals surface area contributed by atoms with Crippen molar-refractivity contribution in [1.82, 2.24) is 10.2 Å². The van der Waals surface area contributed by atoms with Crippen LogP contribution in [0, 0.1) is 11.3 Å². The first-order valence-electron chi connectivity index (χ1n) is 6.77. The Morgan fingerprint density at radius 1 is 1.29 bits per heavy atom. The van der Waals surface area contributed by atoms with Gasteiger partial charge < -0.3 is 10.1 Å². The lowest BCUT2D eigenvalue weighted by molar-refractivity contribution is -0.275. The van der Waals surface area contributed by atoms with Crippen molar-refractivity contribution in [2.45, 2.75) is 18.8 Å².